The maximum atomic E-state index is 12.2. The molecule has 1 amide bonds. The summed E-state index contributed by atoms with van der Waals surface area (Å²) in [6.07, 6.45) is 1.70. The van der Waals surface area contributed by atoms with Crippen LogP contribution in [-0.4, -0.2) is 53.7 Å². The third-order valence-electron chi connectivity index (χ3n) is 3.12. The van der Waals surface area contributed by atoms with E-state index in [2.05, 4.69) is 10.3 Å². The van der Waals surface area contributed by atoms with Crippen molar-refractivity contribution in [2.24, 2.45) is 0 Å². The molecule has 1 unspecified atom stereocenters. The van der Waals surface area contributed by atoms with E-state index in [1.54, 1.807) is 13.1 Å². The molecule has 1 heterocycles. The van der Waals surface area contributed by atoms with Crippen molar-refractivity contribution in [2.45, 2.75) is 12.5 Å². The monoisotopic (exact) mass is 275 g/mol. The van der Waals surface area contributed by atoms with Gasteiger partial charge in [-0.25, -0.2) is 0 Å². The van der Waals surface area contributed by atoms with E-state index in [9.17, 15) is 9.90 Å². The first kappa shape index (κ1) is 14.6. The van der Waals surface area contributed by atoms with Crippen LogP contribution in [0.25, 0.3) is 10.9 Å². The van der Waals surface area contributed by atoms with E-state index in [1.807, 2.05) is 43.3 Å². The standard InChI is InChI=1S/C15H21N3O2/c1-15(20,10-18(2)3)9-17-14(19)12-8-16-13-7-5-4-6-11(12)13/h4-8,16,20H,9-10H2,1-3H3,(H,17,19). The molecule has 5 heteroatoms. The molecular formula is C15H21N3O2. The van der Waals surface area contributed by atoms with Crippen LogP contribution in [0.5, 0.6) is 0 Å². The maximum Gasteiger partial charge on any atom is 0.253 e. The Balaban J connectivity index is 2.06. The number of aromatic amines is 1. The molecule has 0 aliphatic rings. The molecule has 1 aromatic heterocycles. The van der Waals surface area contributed by atoms with Crippen LogP contribution in [0.3, 0.4) is 0 Å². The van der Waals surface area contributed by atoms with Gasteiger partial charge in [-0.15, -0.1) is 0 Å². The minimum Gasteiger partial charge on any atom is -0.387 e. The minimum atomic E-state index is -0.953. The fourth-order valence-corrected chi connectivity index (χ4v) is 2.36. The molecule has 1 atom stereocenters. The molecule has 3 N–H and O–H groups in total. The number of likely N-dealkylation sites (N-methyl/N-ethyl adjacent to an activating group) is 1. The van der Waals surface area contributed by atoms with Crippen LogP contribution in [0.2, 0.25) is 0 Å². The maximum absolute atomic E-state index is 12.2. The zero-order chi connectivity index (χ0) is 14.8. The lowest BCUT2D eigenvalue weighted by Crippen LogP contribution is -2.47. The number of hydrogen-bond donors (Lipinski definition) is 3. The summed E-state index contributed by atoms with van der Waals surface area (Å²) in [6, 6.07) is 7.64. The van der Waals surface area contributed by atoms with Crippen molar-refractivity contribution in [3.63, 3.8) is 0 Å². The zero-order valence-electron chi connectivity index (χ0n) is 12.1. The van der Waals surface area contributed by atoms with Gasteiger partial charge < -0.3 is 20.3 Å². The number of H-pyrrole nitrogens is 1. The highest BCUT2D eigenvalue weighted by molar-refractivity contribution is 6.06. The molecule has 108 valence electrons. The predicted molar refractivity (Wildman–Crippen MR) is 79.8 cm³/mol. The molecule has 5 nitrogen and oxygen atoms in total. The summed E-state index contributed by atoms with van der Waals surface area (Å²) in [4.78, 5) is 17.2. The average Bonchev–Trinajstić information content (AvgIpc) is 2.78. The van der Waals surface area contributed by atoms with Gasteiger partial charge in [0.25, 0.3) is 5.91 Å². The first-order valence-electron chi connectivity index (χ1n) is 6.60. The normalized spacial score (nSPS) is 14.4. The van der Waals surface area contributed by atoms with E-state index in [0.29, 0.717) is 12.1 Å². The number of benzene rings is 1. The highest BCUT2D eigenvalue weighted by Gasteiger charge is 2.23. The summed E-state index contributed by atoms with van der Waals surface area (Å²) in [5.41, 5.74) is 0.574. The quantitative estimate of drug-likeness (QED) is 0.768. The molecule has 0 radical (unpaired) electrons. The number of nitrogens with one attached hydrogen (secondary N) is 2. The van der Waals surface area contributed by atoms with Crippen molar-refractivity contribution in [3.8, 4) is 0 Å². The molecule has 0 fully saturated rings. The lowest BCUT2D eigenvalue weighted by molar-refractivity contribution is 0.0326. The number of aliphatic hydroxyl groups is 1. The van der Waals surface area contributed by atoms with Crippen LogP contribution < -0.4 is 5.32 Å². The van der Waals surface area contributed by atoms with Crippen LogP contribution >= 0.6 is 0 Å². The largest absolute Gasteiger partial charge is 0.387 e. The average molecular weight is 275 g/mol. The van der Waals surface area contributed by atoms with Gasteiger partial charge >= 0.3 is 0 Å². The highest BCUT2D eigenvalue weighted by Crippen LogP contribution is 2.17. The highest BCUT2D eigenvalue weighted by atomic mass is 16.3. The van der Waals surface area contributed by atoms with Crippen LogP contribution in [0.15, 0.2) is 30.5 Å². The molecule has 1 aromatic carbocycles. The molecule has 2 rings (SSSR count). The number of amides is 1. The van der Waals surface area contributed by atoms with E-state index >= 15 is 0 Å². The second-order valence-corrected chi connectivity index (χ2v) is 5.67. The van der Waals surface area contributed by atoms with Crippen molar-refractivity contribution in [3.05, 3.63) is 36.0 Å². The zero-order valence-corrected chi connectivity index (χ0v) is 12.1. The van der Waals surface area contributed by atoms with E-state index < -0.39 is 5.60 Å². The fourth-order valence-electron chi connectivity index (χ4n) is 2.36. The Bertz CT molecular complexity index is 602. The van der Waals surface area contributed by atoms with Gasteiger partial charge in [-0.3, -0.25) is 4.79 Å². The van der Waals surface area contributed by atoms with Crippen molar-refractivity contribution in [1.82, 2.24) is 15.2 Å². The lowest BCUT2D eigenvalue weighted by Gasteiger charge is -2.27. The third-order valence-corrected chi connectivity index (χ3v) is 3.12. The Hall–Kier alpha value is -1.85. The van der Waals surface area contributed by atoms with Gasteiger partial charge in [0.15, 0.2) is 0 Å². The number of para-hydroxylation sites is 1. The Labute approximate surface area is 118 Å². The number of aromatic nitrogens is 1. The first-order chi connectivity index (χ1) is 9.39. The van der Waals surface area contributed by atoms with Gasteiger partial charge in [-0.05, 0) is 27.1 Å². The molecule has 0 bridgehead atoms. The molecule has 0 aliphatic carbocycles. The number of rotatable bonds is 5. The van der Waals surface area contributed by atoms with Gasteiger partial charge in [0.05, 0.1) is 11.2 Å². The minimum absolute atomic E-state index is 0.179. The number of nitrogens with zero attached hydrogens (tertiary/aromatic N) is 1. The second kappa shape index (κ2) is 5.64. The fraction of sp³-hybridized carbons (Fsp3) is 0.400. The van der Waals surface area contributed by atoms with Crippen molar-refractivity contribution in [1.29, 1.82) is 0 Å². The van der Waals surface area contributed by atoms with E-state index in [-0.39, 0.29) is 12.5 Å². The summed E-state index contributed by atoms with van der Waals surface area (Å²) < 4.78 is 0. The predicted octanol–water partition coefficient (Wildman–Crippen LogP) is 1.21. The molecule has 0 aliphatic heterocycles. The Morgan fingerprint density at radius 2 is 2.10 bits per heavy atom. The third kappa shape index (κ3) is 3.37. The van der Waals surface area contributed by atoms with Crippen molar-refractivity contribution >= 4 is 16.8 Å². The summed E-state index contributed by atoms with van der Waals surface area (Å²) in [5, 5.41) is 13.9. The second-order valence-electron chi connectivity index (χ2n) is 5.67. The van der Waals surface area contributed by atoms with Gasteiger partial charge in [-0.2, -0.15) is 0 Å². The summed E-state index contributed by atoms with van der Waals surface area (Å²) in [6.45, 7) is 2.41. The van der Waals surface area contributed by atoms with Gasteiger partial charge in [-0.1, -0.05) is 18.2 Å². The van der Waals surface area contributed by atoms with Crippen LogP contribution in [-0.2, 0) is 0 Å². The first-order valence-corrected chi connectivity index (χ1v) is 6.60. The molecule has 0 saturated carbocycles. The van der Waals surface area contributed by atoms with E-state index in [0.717, 1.165) is 10.9 Å². The van der Waals surface area contributed by atoms with Crippen molar-refractivity contribution in [2.75, 3.05) is 27.2 Å². The number of carbonyl (C=O) groups is 1. The smallest absolute Gasteiger partial charge is 0.253 e. The van der Waals surface area contributed by atoms with Crippen LogP contribution in [0.1, 0.15) is 17.3 Å². The Kier molecular flexibility index (Phi) is 4.11. The Morgan fingerprint density at radius 3 is 2.80 bits per heavy atom. The SMILES string of the molecule is CN(C)CC(C)(O)CNC(=O)c1c[nH]c2ccccc12. The van der Waals surface area contributed by atoms with Gasteiger partial charge in [0, 0.05) is 30.2 Å². The van der Waals surface area contributed by atoms with E-state index in [1.165, 1.54) is 0 Å². The molecule has 2 aromatic rings. The van der Waals surface area contributed by atoms with Crippen molar-refractivity contribution < 1.29 is 9.90 Å². The number of fused-ring (bicyclic) bond motifs is 1. The summed E-state index contributed by atoms with van der Waals surface area (Å²) in [7, 11) is 3.77. The summed E-state index contributed by atoms with van der Waals surface area (Å²) >= 11 is 0. The van der Waals surface area contributed by atoms with E-state index in [4.69, 9.17) is 0 Å². The van der Waals surface area contributed by atoms with Gasteiger partial charge in [0.2, 0.25) is 0 Å². The van der Waals surface area contributed by atoms with Gasteiger partial charge in [0.1, 0.15) is 0 Å². The molecule has 20 heavy (non-hydrogen) atoms. The number of carbonyl (C=O) groups excluding carboxylic acids is 1. The van der Waals surface area contributed by atoms with Crippen LogP contribution in [0, 0.1) is 0 Å². The molecular weight excluding hydrogens is 254 g/mol. The lowest BCUT2D eigenvalue weighted by atomic mass is 10.1. The topological polar surface area (TPSA) is 68.4 Å². The molecule has 0 spiro atoms. The molecule has 0 saturated heterocycles. The van der Waals surface area contributed by atoms with Crippen LogP contribution in [0.4, 0.5) is 0 Å². The Morgan fingerprint density at radius 1 is 1.40 bits per heavy atom. The number of hydrogen-bond acceptors (Lipinski definition) is 3. The summed E-state index contributed by atoms with van der Waals surface area (Å²) in [5.74, 6) is -0.179.